The number of nitrogens with zero attached hydrogens (tertiary/aromatic N) is 1. The second kappa shape index (κ2) is 10.9. The van der Waals surface area contributed by atoms with Crippen LogP contribution in [-0.2, 0) is 11.2 Å². The number of hydrogen-bond donors (Lipinski definition) is 2. The lowest BCUT2D eigenvalue weighted by molar-refractivity contribution is -0.386. The van der Waals surface area contributed by atoms with E-state index in [1.807, 2.05) is 0 Å². The lowest BCUT2D eigenvalue weighted by Crippen LogP contribution is -2.66. The molecule has 0 heterocycles. The quantitative estimate of drug-likeness (QED) is 0.175. The summed E-state index contributed by atoms with van der Waals surface area (Å²) in [5, 5.41) is 31.8. The van der Waals surface area contributed by atoms with Crippen molar-refractivity contribution in [1.82, 2.24) is 0 Å². The van der Waals surface area contributed by atoms with Crippen molar-refractivity contribution >= 4 is 17.6 Å². The number of nitro groups is 1. The first-order chi connectivity index (χ1) is 21.4. The van der Waals surface area contributed by atoms with E-state index in [-0.39, 0.29) is 50.7 Å². The van der Waals surface area contributed by atoms with E-state index >= 15 is 0 Å². The average Bonchev–Trinajstić information content (AvgIpc) is 3.34. The summed E-state index contributed by atoms with van der Waals surface area (Å²) < 4.78 is 0. The summed E-state index contributed by atoms with van der Waals surface area (Å²) in [4.78, 5) is 35.6. The topological polar surface area (TPSA) is 118 Å². The minimum Gasteiger partial charge on any atom is -0.481 e. The van der Waals surface area contributed by atoms with Gasteiger partial charge in [-0.25, -0.2) is 4.79 Å². The highest BCUT2D eigenvalue weighted by atomic mass is 16.6. The van der Waals surface area contributed by atoms with Crippen molar-refractivity contribution in [3.63, 3.8) is 0 Å². The Bertz CT molecular complexity index is 1470. The maximum atomic E-state index is 12.3. The van der Waals surface area contributed by atoms with Crippen molar-refractivity contribution in [1.29, 1.82) is 0 Å². The number of carboxylic acids is 2. The Balaban J connectivity index is 1.38. The highest BCUT2D eigenvalue weighted by Gasteiger charge is 2.70. The van der Waals surface area contributed by atoms with Crippen molar-refractivity contribution < 1.29 is 24.7 Å². The average molecular weight is 634 g/mol. The third kappa shape index (κ3) is 4.56. The molecule has 10 atom stereocenters. The summed E-state index contributed by atoms with van der Waals surface area (Å²) in [6, 6.07) is 4.83. The fraction of sp³-hybridized carbons (Fsp3) is 0.744. The Morgan fingerprint density at radius 3 is 2.26 bits per heavy atom. The molecule has 5 fully saturated rings. The van der Waals surface area contributed by atoms with Gasteiger partial charge in [0.2, 0.25) is 0 Å². The van der Waals surface area contributed by atoms with Crippen LogP contribution in [0.15, 0.2) is 30.4 Å². The van der Waals surface area contributed by atoms with Gasteiger partial charge < -0.3 is 10.2 Å². The van der Waals surface area contributed by atoms with Gasteiger partial charge in [0.1, 0.15) is 5.56 Å². The molecular formula is C39H55NO6. The van der Waals surface area contributed by atoms with E-state index in [2.05, 4.69) is 48.1 Å². The first-order valence-electron chi connectivity index (χ1n) is 17.8. The predicted molar refractivity (Wildman–Crippen MR) is 178 cm³/mol. The molecule has 0 spiro atoms. The fourth-order valence-corrected chi connectivity index (χ4v) is 13.7. The minimum absolute atomic E-state index is 0.0120. The number of allylic oxidation sites excluding steroid dienone is 1. The molecule has 7 heteroatoms. The van der Waals surface area contributed by atoms with Crippen molar-refractivity contribution in [2.24, 2.45) is 62.6 Å². The van der Waals surface area contributed by atoms with E-state index in [1.54, 1.807) is 12.1 Å². The molecule has 1 aromatic carbocycles. The molecule has 5 aliphatic rings. The van der Waals surface area contributed by atoms with Gasteiger partial charge in [0, 0.05) is 12.0 Å². The minimum atomic E-state index is -1.25. The van der Waals surface area contributed by atoms with Crippen LogP contribution in [0.5, 0.6) is 0 Å². The van der Waals surface area contributed by atoms with Gasteiger partial charge in [-0.1, -0.05) is 58.9 Å². The lowest BCUT2D eigenvalue weighted by atomic mass is 9.31. The van der Waals surface area contributed by atoms with Crippen LogP contribution in [-0.4, -0.2) is 27.1 Å². The number of aromatic carboxylic acids is 1. The van der Waals surface area contributed by atoms with Crippen LogP contribution in [0.3, 0.4) is 0 Å². The zero-order valence-electron chi connectivity index (χ0n) is 28.9. The molecule has 0 aliphatic heterocycles. The van der Waals surface area contributed by atoms with Crippen LogP contribution in [0.2, 0.25) is 0 Å². The van der Waals surface area contributed by atoms with Crippen LogP contribution < -0.4 is 0 Å². The molecule has 252 valence electrons. The molecule has 0 saturated heterocycles. The zero-order chi connectivity index (χ0) is 33.6. The molecule has 5 aliphatic carbocycles. The molecule has 1 unspecified atom stereocenters. The normalized spacial score (nSPS) is 42.6. The Kier molecular flexibility index (Phi) is 7.88. The number of rotatable bonds is 7. The summed E-state index contributed by atoms with van der Waals surface area (Å²) >= 11 is 0. The molecule has 0 aromatic heterocycles. The molecule has 0 radical (unpaired) electrons. The Morgan fingerprint density at radius 1 is 0.913 bits per heavy atom. The molecule has 0 bridgehead atoms. The number of para-hydroxylation sites is 1. The number of hydrogen-bond acceptors (Lipinski definition) is 4. The molecule has 0 amide bonds. The van der Waals surface area contributed by atoms with Gasteiger partial charge in [0.25, 0.3) is 5.69 Å². The maximum absolute atomic E-state index is 12.3. The molecular weight excluding hydrogens is 578 g/mol. The third-order valence-corrected chi connectivity index (χ3v) is 16.0. The lowest BCUT2D eigenvalue weighted by Gasteiger charge is -2.73. The number of nitro benzene ring substituents is 1. The Hall–Kier alpha value is -2.70. The number of carbonyl (C=O) groups is 2. The summed E-state index contributed by atoms with van der Waals surface area (Å²) in [6.07, 6.45) is 11.6. The van der Waals surface area contributed by atoms with Gasteiger partial charge in [0.15, 0.2) is 0 Å². The van der Waals surface area contributed by atoms with E-state index in [9.17, 15) is 29.9 Å². The second-order valence-corrected chi connectivity index (χ2v) is 17.8. The van der Waals surface area contributed by atoms with Crippen LogP contribution in [0.25, 0.3) is 0 Å². The summed E-state index contributed by atoms with van der Waals surface area (Å²) in [5.41, 5.74) is 1.64. The smallest absolute Gasteiger partial charge is 0.342 e. The van der Waals surface area contributed by atoms with Crippen LogP contribution in [0, 0.1) is 72.7 Å². The van der Waals surface area contributed by atoms with Gasteiger partial charge in [-0.2, -0.15) is 0 Å². The highest BCUT2D eigenvalue weighted by Crippen LogP contribution is 2.78. The van der Waals surface area contributed by atoms with Gasteiger partial charge in [-0.15, -0.1) is 0 Å². The van der Waals surface area contributed by atoms with E-state index in [0.717, 1.165) is 57.8 Å². The molecule has 46 heavy (non-hydrogen) atoms. The Morgan fingerprint density at radius 2 is 1.63 bits per heavy atom. The van der Waals surface area contributed by atoms with E-state index < -0.39 is 16.9 Å². The number of carboxylic acid groups (broad SMARTS) is 2. The van der Waals surface area contributed by atoms with Gasteiger partial charge in [-0.3, -0.25) is 14.9 Å². The Labute approximate surface area is 274 Å². The van der Waals surface area contributed by atoms with Crippen molar-refractivity contribution in [3.8, 4) is 0 Å². The fourth-order valence-electron chi connectivity index (χ4n) is 13.7. The van der Waals surface area contributed by atoms with Crippen molar-refractivity contribution in [2.75, 3.05) is 0 Å². The molecule has 2 N–H and O–H groups in total. The molecule has 7 nitrogen and oxygen atoms in total. The number of benzene rings is 1. The second-order valence-electron chi connectivity index (χ2n) is 17.8. The van der Waals surface area contributed by atoms with Crippen LogP contribution in [0.1, 0.15) is 128 Å². The molecule has 1 aromatic rings. The molecule has 6 rings (SSSR count). The number of fused-ring (bicyclic) bond motifs is 7. The van der Waals surface area contributed by atoms with Gasteiger partial charge >= 0.3 is 11.9 Å². The predicted octanol–water partition coefficient (Wildman–Crippen LogP) is 9.58. The van der Waals surface area contributed by atoms with Crippen molar-refractivity contribution in [3.05, 3.63) is 51.6 Å². The van der Waals surface area contributed by atoms with Crippen LogP contribution in [0.4, 0.5) is 5.69 Å². The van der Waals surface area contributed by atoms with Crippen molar-refractivity contribution in [2.45, 2.75) is 119 Å². The highest BCUT2D eigenvalue weighted by molar-refractivity contribution is 5.93. The summed E-state index contributed by atoms with van der Waals surface area (Å²) in [5.74, 6) is 0.585. The van der Waals surface area contributed by atoms with Crippen LogP contribution >= 0.6 is 0 Å². The monoisotopic (exact) mass is 633 g/mol. The van der Waals surface area contributed by atoms with Gasteiger partial charge in [0.05, 0.1) is 4.92 Å². The molecule has 5 saturated carbocycles. The summed E-state index contributed by atoms with van der Waals surface area (Å²) in [6.45, 7) is 19.1. The standard InChI is InChI=1S/C39H55NO6/c1-23(2)26-14-18-39(22-24-9-8-10-27(34(43)44)33(24)40(45)46)20-19-37(6)28(32(26)39)11-12-30-36(5)16-13-25(21-31(41)42)35(3,4)29(36)15-17-38(30,37)7/h8-10,25-26,28-30,32H,1,11-22H2,2-7H3,(H,41,42)(H,43,44)/t25?,26-,28+,29-,30+,32+,36-,37+,38+,39+/m0/s1. The maximum Gasteiger partial charge on any atom is 0.342 e. The first-order valence-corrected chi connectivity index (χ1v) is 17.8. The first kappa shape index (κ1) is 33.2. The van der Waals surface area contributed by atoms with E-state index in [0.29, 0.717) is 41.6 Å². The SMILES string of the molecule is C=C(C)[C@@H]1CC[C@]2(Cc3cccc(C(=O)O)c3[N+](=O)[O-])CC[C@]3(C)[C@H](CC[C@@H]4[C@@]5(C)CCC(CC(=O)O)C(C)(C)[C@@H]5CC[C@]43C)[C@@H]12. The van der Waals surface area contributed by atoms with Gasteiger partial charge in [-0.05, 0) is 146 Å². The zero-order valence-corrected chi connectivity index (χ0v) is 28.9. The van der Waals surface area contributed by atoms with E-state index in [4.69, 9.17) is 0 Å². The van der Waals surface area contributed by atoms with E-state index in [1.165, 1.54) is 18.1 Å². The third-order valence-electron chi connectivity index (χ3n) is 16.0. The largest absolute Gasteiger partial charge is 0.481 e. The number of aliphatic carboxylic acids is 1. The summed E-state index contributed by atoms with van der Waals surface area (Å²) in [7, 11) is 0.